The molecule has 0 aliphatic carbocycles. The van der Waals surface area contributed by atoms with E-state index < -0.39 is 0 Å². The van der Waals surface area contributed by atoms with E-state index in [2.05, 4.69) is 0 Å². The van der Waals surface area contributed by atoms with Gasteiger partial charge in [0, 0.05) is 0 Å². The van der Waals surface area contributed by atoms with E-state index in [-0.39, 0.29) is 30.5 Å². The number of hydrogen-bond donors (Lipinski definition) is 1. The Hall–Kier alpha value is -0.160. The van der Waals surface area contributed by atoms with Gasteiger partial charge < -0.3 is 19.3 Å². The molecule has 1 N–H and O–H groups in total. The third-order valence-corrected chi connectivity index (χ3v) is 2.89. The van der Waals surface area contributed by atoms with Gasteiger partial charge in [-0.05, 0) is 13.8 Å². The Labute approximate surface area is 77.8 Å². The number of aliphatic hydroxyl groups excluding tert-OH is 1. The Balaban J connectivity index is 1.73. The van der Waals surface area contributed by atoms with Gasteiger partial charge in [0.25, 0.3) is 0 Å². The Morgan fingerprint density at radius 2 is 2.38 bits per heavy atom. The predicted molar refractivity (Wildman–Crippen MR) is 45.5 cm³/mol. The van der Waals surface area contributed by atoms with Crippen molar-refractivity contribution in [3.05, 3.63) is 0 Å². The molecule has 2 saturated heterocycles. The van der Waals surface area contributed by atoms with Crippen molar-refractivity contribution in [2.75, 3.05) is 19.8 Å². The summed E-state index contributed by atoms with van der Waals surface area (Å²) in [6, 6.07) is 0. The minimum absolute atomic E-state index is 0.0221. The molecule has 0 aromatic heterocycles. The van der Waals surface area contributed by atoms with E-state index in [1.165, 1.54) is 0 Å². The standard InChI is InChI=1S/C9H16O4/c1-6(11-4-7-5-12-7)9(2)8(3-10)13-9/h6-8,10H,3-5H2,1-2H3. The Morgan fingerprint density at radius 1 is 1.69 bits per heavy atom. The third-order valence-electron chi connectivity index (χ3n) is 2.89. The summed E-state index contributed by atoms with van der Waals surface area (Å²) in [7, 11) is 0. The van der Waals surface area contributed by atoms with E-state index in [0.717, 1.165) is 6.61 Å². The zero-order valence-corrected chi connectivity index (χ0v) is 8.03. The van der Waals surface area contributed by atoms with Crippen LogP contribution < -0.4 is 0 Å². The van der Waals surface area contributed by atoms with Crippen molar-refractivity contribution in [1.82, 2.24) is 0 Å². The van der Waals surface area contributed by atoms with Crippen molar-refractivity contribution in [2.24, 2.45) is 0 Å². The summed E-state index contributed by atoms with van der Waals surface area (Å²) in [5.74, 6) is 0. The molecule has 2 rings (SSSR count). The van der Waals surface area contributed by atoms with E-state index in [1.807, 2.05) is 13.8 Å². The summed E-state index contributed by atoms with van der Waals surface area (Å²) in [6.07, 6.45) is 0.258. The topological polar surface area (TPSA) is 54.5 Å². The van der Waals surface area contributed by atoms with Crippen molar-refractivity contribution in [3.8, 4) is 0 Å². The molecule has 0 bridgehead atoms. The lowest BCUT2D eigenvalue weighted by molar-refractivity contribution is 0.00679. The quantitative estimate of drug-likeness (QED) is 0.614. The molecule has 0 aromatic rings. The molecule has 2 aliphatic rings. The minimum Gasteiger partial charge on any atom is -0.394 e. The van der Waals surface area contributed by atoms with Crippen LogP contribution in [0, 0.1) is 0 Å². The van der Waals surface area contributed by atoms with Gasteiger partial charge in [0.1, 0.15) is 17.8 Å². The van der Waals surface area contributed by atoms with E-state index >= 15 is 0 Å². The Morgan fingerprint density at radius 3 is 2.85 bits per heavy atom. The number of rotatable bonds is 5. The average molecular weight is 188 g/mol. The molecular formula is C9H16O4. The number of hydrogen-bond acceptors (Lipinski definition) is 4. The van der Waals surface area contributed by atoms with Crippen LogP contribution in [0.2, 0.25) is 0 Å². The molecule has 0 aromatic carbocycles. The van der Waals surface area contributed by atoms with Crippen LogP contribution in [0.25, 0.3) is 0 Å². The fraction of sp³-hybridized carbons (Fsp3) is 1.00. The van der Waals surface area contributed by atoms with Crippen molar-refractivity contribution < 1.29 is 19.3 Å². The zero-order chi connectivity index (χ0) is 9.47. The van der Waals surface area contributed by atoms with Crippen LogP contribution in [-0.2, 0) is 14.2 Å². The lowest BCUT2D eigenvalue weighted by Gasteiger charge is -2.16. The van der Waals surface area contributed by atoms with Crippen LogP contribution in [0.15, 0.2) is 0 Å². The highest BCUT2D eigenvalue weighted by Crippen LogP contribution is 2.40. The molecule has 0 saturated carbocycles. The molecule has 4 unspecified atom stereocenters. The second-order valence-corrected chi connectivity index (χ2v) is 3.90. The van der Waals surface area contributed by atoms with E-state index in [0.29, 0.717) is 6.61 Å². The molecule has 76 valence electrons. The van der Waals surface area contributed by atoms with Crippen LogP contribution in [-0.4, -0.2) is 48.8 Å². The molecule has 0 amide bonds. The summed E-state index contributed by atoms with van der Waals surface area (Å²) in [5.41, 5.74) is -0.288. The smallest absolute Gasteiger partial charge is 0.120 e. The highest BCUT2D eigenvalue weighted by Gasteiger charge is 2.56. The molecule has 2 heterocycles. The largest absolute Gasteiger partial charge is 0.394 e. The van der Waals surface area contributed by atoms with E-state index in [4.69, 9.17) is 19.3 Å². The van der Waals surface area contributed by atoms with E-state index in [1.54, 1.807) is 0 Å². The molecule has 0 radical (unpaired) electrons. The highest BCUT2D eigenvalue weighted by atomic mass is 16.7. The number of aliphatic hydroxyl groups is 1. The molecule has 4 nitrogen and oxygen atoms in total. The first-order chi connectivity index (χ1) is 6.16. The van der Waals surface area contributed by atoms with Crippen molar-refractivity contribution in [3.63, 3.8) is 0 Å². The lowest BCUT2D eigenvalue weighted by atomic mass is 10.0. The maximum absolute atomic E-state index is 8.88. The lowest BCUT2D eigenvalue weighted by Crippen LogP contribution is -2.31. The van der Waals surface area contributed by atoms with Crippen LogP contribution in [0.3, 0.4) is 0 Å². The van der Waals surface area contributed by atoms with Gasteiger partial charge >= 0.3 is 0 Å². The SMILES string of the molecule is CC(OCC1CO1)C1(C)OC1CO. The van der Waals surface area contributed by atoms with Crippen LogP contribution in [0.5, 0.6) is 0 Å². The summed E-state index contributed by atoms with van der Waals surface area (Å²) >= 11 is 0. The monoisotopic (exact) mass is 188 g/mol. The van der Waals surface area contributed by atoms with Gasteiger partial charge in [-0.2, -0.15) is 0 Å². The third kappa shape index (κ3) is 1.86. The second-order valence-electron chi connectivity index (χ2n) is 3.90. The van der Waals surface area contributed by atoms with Gasteiger partial charge in [-0.25, -0.2) is 0 Å². The maximum Gasteiger partial charge on any atom is 0.120 e. The van der Waals surface area contributed by atoms with Crippen LogP contribution >= 0.6 is 0 Å². The maximum atomic E-state index is 8.88. The molecule has 2 aliphatic heterocycles. The van der Waals surface area contributed by atoms with Crippen molar-refractivity contribution in [1.29, 1.82) is 0 Å². The van der Waals surface area contributed by atoms with Gasteiger partial charge in [-0.3, -0.25) is 0 Å². The average Bonchev–Trinajstić information content (AvgIpc) is 2.97. The molecule has 4 atom stereocenters. The van der Waals surface area contributed by atoms with Gasteiger partial charge in [0.15, 0.2) is 0 Å². The van der Waals surface area contributed by atoms with Crippen molar-refractivity contribution in [2.45, 2.75) is 37.8 Å². The van der Waals surface area contributed by atoms with Gasteiger partial charge in [0.2, 0.25) is 0 Å². The molecular weight excluding hydrogens is 172 g/mol. The minimum atomic E-state index is -0.288. The molecule has 2 fully saturated rings. The fourth-order valence-corrected chi connectivity index (χ4v) is 1.43. The fourth-order valence-electron chi connectivity index (χ4n) is 1.43. The van der Waals surface area contributed by atoms with Crippen LogP contribution in [0.4, 0.5) is 0 Å². The Kier molecular flexibility index (Phi) is 2.32. The summed E-state index contributed by atoms with van der Waals surface area (Å²) in [5, 5.41) is 8.88. The van der Waals surface area contributed by atoms with Crippen LogP contribution in [0.1, 0.15) is 13.8 Å². The van der Waals surface area contributed by atoms with E-state index in [9.17, 15) is 0 Å². The first kappa shape index (κ1) is 9.40. The van der Waals surface area contributed by atoms with Gasteiger partial charge in [-0.15, -0.1) is 0 Å². The molecule has 0 spiro atoms. The summed E-state index contributed by atoms with van der Waals surface area (Å²) < 4.78 is 15.9. The normalized spacial score (nSPS) is 44.5. The van der Waals surface area contributed by atoms with Gasteiger partial charge in [0.05, 0.1) is 25.9 Å². The Bertz CT molecular complexity index is 192. The zero-order valence-electron chi connectivity index (χ0n) is 8.03. The van der Waals surface area contributed by atoms with Crippen molar-refractivity contribution >= 4 is 0 Å². The predicted octanol–water partition coefficient (Wildman–Crippen LogP) is -0.0599. The van der Waals surface area contributed by atoms with Gasteiger partial charge in [-0.1, -0.05) is 0 Å². The first-order valence-electron chi connectivity index (χ1n) is 4.68. The molecule has 13 heavy (non-hydrogen) atoms. The highest BCUT2D eigenvalue weighted by molar-refractivity contribution is 5.03. The summed E-state index contributed by atoms with van der Waals surface area (Å²) in [6.45, 7) is 5.46. The second kappa shape index (κ2) is 3.20. The number of ether oxygens (including phenoxy) is 3. The first-order valence-corrected chi connectivity index (χ1v) is 4.68. The summed E-state index contributed by atoms with van der Waals surface area (Å²) in [4.78, 5) is 0. The number of epoxide rings is 2. The molecule has 4 heteroatoms.